The number of carbonyl (C=O) groups is 2. The Morgan fingerprint density at radius 3 is 2.43 bits per heavy atom. The minimum Gasteiger partial charge on any atom is -0.456 e. The van der Waals surface area contributed by atoms with Crippen molar-refractivity contribution in [1.82, 2.24) is 0 Å². The molecule has 1 fully saturated rings. The summed E-state index contributed by atoms with van der Waals surface area (Å²) in [6.07, 6.45) is 2.96. The lowest BCUT2D eigenvalue weighted by molar-refractivity contribution is -0.149. The van der Waals surface area contributed by atoms with Crippen molar-refractivity contribution < 1.29 is 14.3 Å². The maximum Gasteiger partial charge on any atom is 0.379 e. The Balaban J connectivity index is 2.04. The molecule has 0 heterocycles. The third-order valence-corrected chi connectivity index (χ3v) is 4.44. The monoisotopic (exact) mass is 288 g/mol. The lowest BCUT2D eigenvalue weighted by Gasteiger charge is -2.36. The summed E-state index contributed by atoms with van der Waals surface area (Å²) in [5, 5.41) is 0. The first-order valence-corrected chi connectivity index (χ1v) is 7.79. The van der Waals surface area contributed by atoms with Gasteiger partial charge in [-0.3, -0.25) is 4.79 Å². The second kappa shape index (κ2) is 6.88. The van der Waals surface area contributed by atoms with Crippen LogP contribution in [0.15, 0.2) is 30.3 Å². The van der Waals surface area contributed by atoms with E-state index in [4.69, 9.17) is 4.74 Å². The van der Waals surface area contributed by atoms with Crippen molar-refractivity contribution in [1.29, 1.82) is 0 Å². The molecule has 0 aliphatic heterocycles. The molecule has 1 aromatic carbocycles. The van der Waals surface area contributed by atoms with Gasteiger partial charge in [-0.2, -0.15) is 0 Å². The van der Waals surface area contributed by atoms with Gasteiger partial charge in [0, 0.05) is 5.56 Å². The fraction of sp³-hybridized carbons (Fsp3) is 0.556. The van der Waals surface area contributed by atoms with Gasteiger partial charge in [0.1, 0.15) is 6.10 Å². The van der Waals surface area contributed by atoms with Gasteiger partial charge >= 0.3 is 5.97 Å². The molecule has 3 atom stereocenters. The van der Waals surface area contributed by atoms with Crippen LogP contribution in [0.2, 0.25) is 0 Å². The molecule has 1 aliphatic carbocycles. The molecule has 0 amide bonds. The standard InChI is InChI=1S/C18H24O3/c1-12(2)15-10-9-13(3)11-16(15)21-18(20)17(19)14-7-5-4-6-8-14/h4-8,12-13,15-16H,9-11H2,1-3H3. The molecule has 0 radical (unpaired) electrons. The van der Waals surface area contributed by atoms with Gasteiger partial charge in [0.15, 0.2) is 0 Å². The second-order valence-electron chi connectivity index (χ2n) is 6.47. The summed E-state index contributed by atoms with van der Waals surface area (Å²) in [5.74, 6) is 0.0998. The smallest absolute Gasteiger partial charge is 0.379 e. The number of benzene rings is 1. The topological polar surface area (TPSA) is 43.4 Å². The van der Waals surface area contributed by atoms with E-state index in [0.29, 0.717) is 23.3 Å². The van der Waals surface area contributed by atoms with Gasteiger partial charge in [0.25, 0.3) is 5.78 Å². The van der Waals surface area contributed by atoms with Crippen LogP contribution in [0, 0.1) is 17.8 Å². The highest BCUT2D eigenvalue weighted by atomic mass is 16.5. The fourth-order valence-electron chi connectivity index (χ4n) is 3.15. The van der Waals surface area contributed by atoms with Gasteiger partial charge in [-0.05, 0) is 30.6 Å². The van der Waals surface area contributed by atoms with E-state index in [9.17, 15) is 9.59 Å². The van der Waals surface area contributed by atoms with Crippen LogP contribution >= 0.6 is 0 Å². The third-order valence-electron chi connectivity index (χ3n) is 4.44. The molecule has 1 aromatic rings. The largest absolute Gasteiger partial charge is 0.456 e. The molecule has 0 spiro atoms. The van der Waals surface area contributed by atoms with Crippen molar-refractivity contribution >= 4 is 11.8 Å². The van der Waals surface area contributed by atoms with Crippen molar-refractivity contribution in [3.05, 3.63) is 35.9 Å². The van der Waals surface area contributed by atoms with Crippen LogP contribution in [-0.2, 0) is 9.53 Å². The van der Waals surface area contributed by atoms with Crippen LogP contribution in [0.25, 0.3) is 0 Å². The second-order valence-corrected chi connectivity index (χ2v) is 6.47. The minimum atomic E-state index is -0.717. The van der Waals surface area contributed by atoms with Crippen molar-refractivity contribution in [2.24, 2.45) is 17.8 Å². The Hall–Kier alpha value is -1.64. The zero-order valence-corrected chi connectivity index (χ0v) is 13.0. The first kappa shape index (κ1) is 15.7. The molecule has 3 nitrogen and oxygen atoms in total. The van der Waals surface area contributed by atoms with Crippen LogP contribution in [0.5, 0.6) is 0 Å². The van der Waals surface area contributed by atoms with Crippen LogP contribution in [0.4, 0.5) is 0 Å². The molecule has 1 saturated carbocycles. The number of esters is 1. The summed E-state index contributed by atoms with van der Waals surface area (Å²) in [5.41, 5.74) is 0.396. The van der Waals surface area contributed by atoms with E-state index in [-0.39, 0.29) is 6.10 Å². The molecule has 114 valence electrons. The van der Waals surface area contributed by atoms with Gasteiger partial charge in [-0.25, -0.2) is 4.79 Å². The quantitative estimate of drug-likeness (QED) is 0.480. The molecule has 1 aliphatic rings. The molecule has 0 N–H and O–H groups in total. The SMILES string of the molecule is CC1CCC(C(C)C)C(OC(=O)C(=O)c2ccccc2)C1. The summed E-state index contributed by atoms with van der Waals surface area (Å²) in [6, 6.07) is 8.61. The van der Waals surface area contributed by atoms with Gasteiger partial charge in [0.2, 0.25) is 0 Å². The van der Waals surface area contributed by atoms with E-state index < -0.39 is 11.8 Å². The van der Waals surface area contributed by atoms with E-state index >= 15 is 0 Å². The lowest BCUT2D eigenvalue weighted by Crippen LogP contribution is -2.37. The first-order chi connectivity index (χ1) is 9.99. The van der Waals surface area contributed by atoms with Crippen LogP contribution in [-0.4, -0.2) is 17.9 Å². The molecule has 0 aromatic heterocycles. The van der Waals surface area contributed by atoms with E-state index in [1.807, 2.05) is 6.07 Å². The van der Waals surface area contributed by atoms with Gasteiger partial charge in [0.05, 0.1) is 0 Å². The van der Waals surface area contributed by atoms with E-state index in [1.54, 1.807) is 24.3 Å². The first-order valence-electron chi connectivity index (χ1n) is 7.79. The fourth-order valence-corrected chi connectivity index (χ4v) is 3.15. The average Bonchev–Trinajstić information content (AvgIpc) is 2.47. The maximum absolute atomic E-state index is 12.1. The summed E-state index contributed by atoms with van der Waals surface area (Å²) < 4.78 is 5.56. The minimum absolute atomic E-state index is 0.131. The molecule has 3 unspecified atom stereocenters. The normalized spacial score (nSPS) is 25.6. The van der Waals surface area contributed by atoms with Crippen molar-refractivity contribution in [3.63, 3.8) is 0 Å². The Morgan fingerprint density at radius 1 is 1.14 bits per heavy atom. The average molecular weight is 288 g/mol. The molecule has 2 rings (SSSR count). The number of hydrogen-bond acceptors (Lipinski definition) is 3. The number of ketones is 1. The summed E-state index contributed by atoms with van der Waals surface area (Å²) in [6.45, 7) is 6.48. The number of Topliss-reactive ketones (excluding diaryl/α,β-unsaturated/α-hetero) is 1. The van der Waals surface area contributed by atoms with E-state index in [0.717, 1.165) is 12.8 Å². The van der Waals surface area contributed by atoms with E-state index in [1.165, 1.54) is 6.42 Å². The predicted octanol–water partition coefficient (Wildman–Crippen LogP) is 3.87. The summed E-state index contributed by atoms with van der Waals surface area (Å²) in [4.78, 5) is 24.2. The van der Waals surface area contributed by atoms with Gasteiger partial charge < -0.3 is 4.74 Å². The molecule has 0 bridgehead atoms. The Morgan fingerprint density at radius 2 is 1.81 bits per heavy atom. The molecule has 21 heavy (non-hydrogen) atoms. The van der Waals surface area contributed by atoms with Gasteiger partial charge in [-0.15, -0.1) is 0 Å². The Kier molecular flexibility index (Phi) is 5.16. The Labute approximate surface area is 126 Å². The van der Waals surface area contributed by atoms with Crippen LogP contribution < -0.4 is 0 Å². The van der Waals surface area contributed by atoms with Gasteiger partial charge in [-0.1, -0.05) is 57.5 Å². The zero-order valence-electron chi connectivity index (χ0n) is 13.0. The predicted molar refractivity (Wildman–Crippen MR) is 82.0 cm³/mol. The zero-order chi connectivity index (χ0) is 15.4. The summed E-state index contributed by atoms with van der Waals surface area (Å²) in [7, 11) is 0. The molecular formula is C18H24O3. The van der Waals surface area contributed by atoms with E-state index in [2.05, 4.69) is 20.8 Å². The number of rotatable bonds is 4. The summed E-state index contributed by atoms with van der Waals surface area (Å²) >= 11 is 0. The lowest BCUT2D eigenvalue weighted by atomic mass is 9.75. The number of ether oxygens (including phenoxy) is 1. The number of carbonyl (C=O) groups excluding carboxylic acids is 2. The van der Waals surface area contributed by atoms with Crippen LogP contribution in [0.1, 0.15) is 50.4 Å². The molecule has 3 heteroatoms. The maximum atomic E-state index is 12.1. The molecule has 0 saturated heterocycles. The van der Waals surface area contributed by atoms with Crippen LogP contribution in [0.3, 0.4) is 0 Å². The van der Waals surface area contributed by atoms with Crippen molar-refractivity contribution in [3.8, 4) is 0 Å². The molecular weight excluding hydrogens is 264 g/mol. The third kappa shape index (κ3) is 3.93. The highest BCUT2D eigenvalue weighted by molar-refractivity contribution is 6.40. The Bertz CT molecular complexity index is 492. The number of hydrogen-bond donors (Lipinski definition) is 0. The highest BCUT2D eigenvalue weighted by Crippen LogP contribution is 2.35. The van der Waals surface area contributed by atoms with Crippen molar-refractivity contribution in [2.45, 2.75) is 46.1 Å². The highest BCUT2D eigenvalue weighted by Gasteiger charge is 2.34. The van der Waals surface area contributed by atoms with Crippen molar-refractivity contribution in [2.75, 3.05) is 0 Å².